The van der Waals surface area contributed by atoms with Crippen LogP contribution >= 0.6 is 27.3 Å². The van der Waals surface area contributed by atoms with Crippen molar-refractivity contribution in [3.05, 3.63) is 26.6 Å². The van der Waals surface area contributed by atoms with E-state index < -0.39 is 0 Å². The average Bonchev–Trinajstić information content (AvgIpc) is 3.07. The number of nitrogens with one attached hydrogen (secondary N) is 1. The molecule has 5 nitrogen and oxygen atoms in total. The molecular formula is C12H14BrN5S. The van der Waals surface area contributed by atoms with Crippen molar-refractivity contribution < 1.29 is 0 Å². The highest BCUT2D eigenvalue weighted by atomic mass is 79.9. The van der Waals surface area contributed by atoms with Crippen LogP contribution in [0.4, 0.5) is 11.9 Å². The Morgan fingerprint density at radius 2 is 2.16 bits per heavy atom. The molecule has 0 aromatic carbocycles. The largest absolute Gasteiger partial charge is 0.368 e. The zero-order valence-corrected chi connectivity index (χ0v) is 12.8. The molecular weight excluding hydrogens is 326 g/mol. The third-order valence-corrected chi connectivity index (χ3v) is 4.75. The lowest BCUT2D eigenvalue weighted by molar-refractivity contribution is 0.681. The van der Waals surface area contributed by atoms with E-state index in [1.54, 1.807) is 11.3 Å². The molecule has 3 rings (SSSR count). The molecule has 0 radical (unpaired) electrons. The number of aromatic nitrogens is 3. The zero-order chi connectivity index (χ0) is 13.4. The van der Waals surface area contributed by atoms with Crippen molar-refractivity contribution >= 4 is 39.2 Å². The van der Waals surface area contributed by atoms with Gasteiger partial charge in [-0.05, 0) is 53.7 Å². The highest BCUT2D eigenvalue weighted by molar-refractivity contribution is 9.11. The van der Waals surface area contributed by atoms with Crippen LogP contribution in [0.15, 0.2) is 15.9 Å². The van der Waals surface area contributed by atoms with Crippen LogP contribution in [0.5, 0.6) is 0 Å². The van der Waals surface area contributed by atoms with Crippen LogP contribution in [-0.2, 0) is 0 Å². The molecule has 1 fully saturated rings. The van der Waals surface area contributed by atoms with E-state index in [2.05, 4.69) is 48.3 Å². The maximum Gasteiger partial charge on any atom is 0.228 e. The molecule has 2 aromatic heterocycles. The molecule has 1 saturated carbocycles. The van der Waals surface area contributed by atoms with Crippen LogP contribution < -0.4 is 11.1 Å². The summed E-state index contributed by atoms with van der Waals surface area (Å²) in [4.78, 5) is 13.7. The number of hydrogen-bond donors (Lipinski definition) is 2. The molecule has 0 spiro atoms. The second-order valence-corrected chi connectivity index (χ2v) is 7.16. The minimum atomic E-state index is 0.261. The number of aryl methyl sites for hydroxylation is 1. The van der Waals surface area contributed by atoms with Crippen LogP contribution in [-0.4, -0.2) is 15.0 Å². The number of nitrogen functional groups attached to an aromatic ring is 1. The molecule has 7 heteroatoms. The lowest BCUT2D eigenvalue weighted by Gasteiger charge is -2.16. The quantitative estimate of drug-likeness (QED) is 0.894. The van der Waals surface area contributed by atoms with Gasteiger partial charge < -0.3 is 11.1 Å². The van der Waals surface area contributed by atoms with Gasteiger partial charge in [-0.15, -0.1) is 11.3 Å². The molecule has 0 saturated heterocycles. The van der Waals surface area contributed by atoms with Gasteiger partial charge in [0, 0.05) is 4.88 Å². The van der Waals surface area contributed by atoms with Crippen LogP contribution in [0.1, 0.15) is 29.6 Å². The maximum absolute atomic E-state index is 5.66. The smallest absolute Gasteiger partial charge is 0.228 e. The normalized spacial score (nSPS) is 16.3. The van der Waals surface area contributed by atoms with E-state index >= 15 is 0 Å². The molecule has 2 heterocycles. The summed E-state index contributed by atoms with van der Waals surface area (Å²) in [5.74, 6) is 2.11. The second-order valence-electron chi connectivity index (χ2n) is 4.67. The van der Waals surface area contributed by atoms with Crippen LogP contribution in [0.25, 0.3) is 0 Å². The van der Waals surface area contributed by atoms with Gasteiger partial charge >= 0.3 is 0 Å². The molecule has 1 aliphatic carbocycles. The first-order chi connectivity index (χ1) is 9.11. The summed E-state index contributed by atoms with van der Waals surface area (Å²) < 4.78 is 1.14. The van der Waals surface area contributed by atoms with Gasteiger partial charge in [-0.25, -0.2) is 0 Å². The first-order valence-electron chi connectivity index (χ1n) is 6.12. The predicted molar refractivity (Wildman–Crippen MR) is 80.1 cm³/mol. The van der Waals surface area contributed by atoms with Crippen LogP contribution in [0.2, 0.25) is 0 Å². The summed E-state index contributed by atoms with van der Waals surface area (Å²) in [5.41, 5.74) is 5.66. The molecule has 2 aromatic rings. The molecule has 1 atom stereocenters. The maximum atomic E-state index is 5.66. The average molecular weight is 340 g/mol. The Morgan fingerprint density at radius 1 is 1.37 bits per heavy atom. The van der Waals surface area contributed by atoms with Crippen molar-refractivity contribution in [2.75, 3.05) is 11.1 Å². The Bertz CT molecular complexity index is 575. The van der Waals surface area contributed by atoms with E-state index in [-0.39, 0.29) is 12.0 Å². The van der Waals surface area contributed by atoms with Crippen molar-refractivity contribution in [2.24, 2.45) is 5.92 Å². The fourth-order valence-electron chi connectivity index (χ4n) is 2.05. The number of nitrogens with zero attached hydrogens (tertiary/aromatic N) is 3. The number of rotatable bonds is 4. The molecule has 100 valence electrons. The minimum Gasteiger partial charge on any atom is -0.368 e. The highest BCUT2D eigenvalue weighted by Crippen LogP contribution is 2.45. The SMILES string of the molecule is Cc1nc(N)nc(NC(c2ccc(Br)s2)C2CC2)n1. The van der Waals surface area contributed by atoms with Gasteiger partial charge in [0.05, 0.1) is 9.83 Å². The zero-order valence-electron chi connectivity index (χ0n) is 10.4. The molecule has 3 N–H and O–H groups in total. The van der Waals surface area contributed by atoms with Gasteiger partial charge in [-0.3, -0.25) is 0 Å². The highest BCUT2D eigenvalue weighted by Gasteiger charge is 2.33. The summed E-state index contributed by atoms with van der Waals surface area (Å²) in [6.45, 7) is 1.82. The Labute approximate surface area is 123 Å². The Kier molecular flexibility index (Phi) is 3.40. The Balaban J connectivity index is 1.85. The van der Waals surface area contributed by atoms with E-state index in [0.717, 1.165) is 3.79 Å². The van der Waals surface area contributed by atoms with E-state index in [4.69, 9.17) is 5.73 Å². The van der Waals surface area contributed by atoms with Gasteiger partial charge in [-0.1, -0.05) is 0 Å². The van der Waals surface area contributed by atoms with E-state index in [1.165, 1.54) is 17.7 Å². The summed E-state index contributed by atoms with van der Waals surface area (Å²) >= 11 is 5.25. The monoisotopic (exact) mass is 339 g/mol. The topological polar surface area (TPSA) is 76.7 Å². The molecule has 1 aliphatic rings. The number of halogens is 1. The minimum absolute atomic E-state index is 0.261. The van der Waals surface area contributed by atoms with Crippen molar-refractivity contribution in [1.82, 2.24) is 15.0 Å². The van der Waals surface area contributed by atoms with E-state index in [1.807, 2.05) is 6.92 Å². The molecule has 0 aliphatic heterocycles. The van der Waals surface area contributed by atoms with Gasteiger partial charge in [-0.2, -0.15) is 15.0 Å². The second kappa shape index (κ2) is 5.05. The van der Waals surface area contributed by atoms with Crippen LogP contribution in [0.3, 0.4) is 0 Å². The van der Waals surface area contributed by atoms with Crippen molar-refractivity contribution in [3.8, 4) is 0 Å². The van der Waals surface area contributed by atoms with Gasteiger partial charge in [0.25, 0.3) is 0 Å². The molecule has 0 bridgehead atoms. The van der Waals surface area contributed by atoms with E-state index in [9.17, 15) is 0 Å². The van der Waals surface area contributed by atoms with Gasteiger partial charge in [0.15, 0.2) is 0 Å². The Morgan fingerprint density at radius 3 is 2.74 bits per heavy atom. The summed E-state index contributed by atoms with van der Waals surface area (Å²) in [7, 11) is 0. The van der Waals surface area contributed by atoms with Crippen molar-refractivity contribution in [3.63, 3.8) is 0 Å². The van der Waals surface area contributed by atoms with Crippen molar-refractivity contribution in [2.45, 2.75) is 25.8 Å². The lowest BCUT2D eigenvalue weighted by atomic mass is 10.1. The number of anilines is 2. The fourth-order valence-corrected chi connectivity index (χ4v) is 3.62. The molecule has 0 amide bonds. The first kappa shape index (κ1) is 12.8. The fraction of sp³-hybridized carbons (Fsp3) is 0.417. The number of thiophene rings is 1. The standard InChI is InChI=1S/C12H14BrN5S/c1-6-15-11(14)18-12(16-6)17-10(7-2-3-7)8-4-5-9(13)19-8/h4-5,7,10H,2-3H2,1H3,(H3,14,15,16,17,18). The Hall–Kier alpha value is -1.21. The van der Waals surface area contributed by atoms with Gasteiger partial charge in [0.2, 0.25) is 11.9 Å². The third-order valence-electron chi connectivity index (χ3n) is 3.04. The first-order valence-corrected chi connectivity index (χ1v) is 7.72. The third kappa shape index (κ3) is 3.03. The summed E-state index contributed by atoms with van der Waals surface area (Å²) in [5, 5.41) is 3.40. The molecule has 1 unspecified atom stereocenters. The number of nitrogens with two attached hydrogens (primary N) is 1. The predicted octanol–water partition coefficient (Wildman–Crippen LogP) is 3.15. The van der Waals surface area contributed by atoms with Crippen molar-refractivity contribution in [1.29, 1.82) is 0 Å². The van der Waals surface area contributed by atoms with Gasteiger partial charge in [0.1, 0.15) is 5.82 Å². The van der Waals surface area contributed by atoms with E-state index in [0.29, 0.717) is 17.7 Å². The summed E-state index contributed by atoms with van der Waals surface area (Å²) in [6, 6.07) is 4.48. The molecule has 19 heavy (non-hydrogen) atoms. The van der Waals surface area contributed by atoms with Crippen LogP contribution in [0, 0.1) is 12.8 Å². The number of hydrogen-bond acceptors (Lipinski definition) is 6. The summed E-state index contributed by atoms with van der Waals surface area (Å²) in [6.07, 6.45) is 2.49. The lowest BCUT2D eigenvalue weighted by Crippen LogP contribution is -2.15.